The molecule has 8 heteroatoms. The highest BCUT2D eigenvalue weighted by Gasteiger charge is 2.21. The number of amides is 2. The van der Waals surface area contributed by atoms with Gasteiger partial charge in [0.2, 0.25) is 5.91 Å². The molecule has 186 valence electrons. The predicted molar refractivity (Wildman–Crippen MR) is 137 cm³/mol. The van der Waals surface area contributed by atoms with Crippen LogP contribution in [0, 0.1) is 5.82 Å². The van der Waals surface area contributed by atoms with Crippen LogP contribution in [0.2, 0.25) is 0 Å². The van der Waals surface area contributed by atoms with E-state index in [1.54, 1.807) is 49.4 Å². The molecular weight excluding hydrogens is 461 g/mol. The van der Waals surface area contributed by atoms with Crippen molar-refractivity contribution in [3.63, 3.8) is 0 Å². The number of hydrogen-bond acceptors (Lipinski definition) is 4. The van der Waals surface area contributed by atoms with Gasteiger partial charge in [0.05, 0.1) is 5.70 Å². The van der Waals surface area contributed by atoms with E-state index < -0.39 is 29.9 Å². The number of rotatable bonds is 10. The van der Waals surface area contributed by atoms with Crippen LogP contribution in [-0.4, -0.2) is 35.0 Å². The summed E-state index contributed by atoms with van der Waals surface area (Å²) in [6.07, 6.45) is 1.93. The van der Waals surface area contributed by atoms with E-state index in [2.05, 4.69) is 16.0 Å². The number of carboxylic acids is 1. The van der Waals surface area contributed by atoms with E-state index in [1.165, 1.54) is 19.1 Å². The second-order valence-corrected chi connectivity index (χ2v) is 8.28. The molecule has 36 heavy (non-hydrogen) atoms. The fourth-order valence-electron chi connectivity index (χ4n) is 3.32. The van der Waals surface area contributed by atoms with E-state index in [4.69, 9.17) is 0 Å². The fourth-order valence-corrected chi connectivity index (χ4v) is 3.32. The largest absolute Gasteiger partial charge is 0.480 e. The number of nitrogens with one attached hydrogen (secondary N) is 3. The molecule has 3 aromatic carbocycles. The molecule has 7 nitrogen and oxygen atoms in total. The Kier molecular flexibility index (Phi) is 8.94. The van der Waals surface area contributed by atoms with Gasteiger partial charge in [-0.1, -0.05) is 60.7 Å². The summed E-state index contributed by atoms with van der Waals surface area (Å²) in [7, 11) is 0. The van der Waals surface area contributed by atoms with Crippen LogP contribution in [0.5, 0.6) is 0 Å². The molecule has 0 bridgehead atoms. The lowest BCUT2D eigenvalue weighted by molar-refractivity contribution is -0.138. The molecule has 0 radical (unpaired) electrons. The van der Waals surface area contributed by atoms with Crippen molar-refractivity contribution in [2.45, 2.75) is 32.4 Å². The SMILES string of the molecule is C[C@H](NC(=O)/C(=C\Cc1ccc(-c2ccc(F)cc2)cc1)N[C@H](C)C(=O)O)C(=O)Nc1ccccc1. The van der Waals surface area contributed by atoms with Crippen molar-refractivity contribution in [2.24, 2.45) is 0 Å². The zero-order valence-electron chi connectivity index (χ0n) is 20.0. The van der Waals surface area contributed by atoms with Gasteiger partial charge in [0, 0.05) is 5.69 Å². The zero-order valence-corrected chi connectivity index (χ0v) is 20.0. The first-order chi connectivity index (χ1) is 17.2. The van der Waals surface area contributed by atoms with Crippen LogP contribution in [0.15, 0.2) is 90.6 Å². The monoisotopic (exact) mass is 489 g/mol. The highest BCUT2D eigenvalue weighted by atomic mass is 19.1. The minimum atomic E-state index is -1.12. The van der Waals surface area contributed by atoms with Gasteiger partial charge in [-0.05, 0) is 61.2 Å². The van der Waals surface area contributed by atoms with Crippen LogP contribution in [0.4, 0.5) is 10.1 Å². The summed E-state index contributed by atoms with van der Waals surface area (Å²) < 4.78 is 13.2. The number of aliphatic carboxylic acids is 1. The Hall–Kier alpha value is -4.46. The highest BCUT2D eigenvalue weighted by molar-refractivity contribution is 6.00. The lowest BCUT2D eigenvalue weighted by atomic mass is 10.0. The van der Waals surface area contributed by atoms with E-state index in [9.17, 15) is 23.9 Å². The van der Waals surface area contributed by atoms with Crippen molar-refractivity contribution in [1.29, 1.82) is 0 Å². The maximum absolute atomic E-state index is 13.2. The number of carboxylic acid groups (broad SMARTS) is 1. The molecule has 2 amide bonds. The Bertz CT molecular complexity index is 1230. The molecule has 3 aromatic rings. The molecule has 2 atom stereocenters. The number of allylic oxidation sites excluding steroid dienone is 1. The molecule has 0 aliphatic carbocycles. The first-order valence-electron chi connectivity index (χ1n) is 11.4. The molecule has 0 spiro atoms. The predicted octanol–water partition coefficient (Wildman–Crippen LogP) is 4.13. The topological polar surface area (TPSA) is 108 Å². The number of benzene rings is 3. The summed E-state index contributed by atoms with van der Waals surface area (Å²) in [6, 6.07) is 20.7. The van der Waals surface area contributed by atoms with Gasteiger partial charge in [0.15, 0.2) is 0 Å². The fraction of sp³-hybridized carbons (Fsp3) is 0.179. The summed E-state index contributed by atoms with van der Waals surface area (Å²) in [4.78, 5) is 36.7. The molecule has 0 heterocycles. The number of hydrogen-bond donors (Lipinski definition) is 4. The van der Waals surface area contributed by atoms with Crippen LogP contribution in [0.1, 0.15) is 19.4 Å². The van der Waals surface area contributed by atoms with Crippen molar-refractivity contribution in [2.75, 3.05) is 5.32 Å². The Labute approximate surface area is 209 Å². The minimum Gasteiger partial charge on any atom is -0.480 e. The molecule has 0 fully saturated rings. The Balaban J connectivity index is 1.69. The van der Waals surface area contributed by atoms with Gasteiger partial charge in [-0.3, -0.25) is 14.4 Å². The van der Waals surface area contributed by atoms with Crippen molar-refractivity contribution in [1.82, 2.24) is 10.6 Å². The normalized spacial score (nSPS) is 12.8. The number of anilines is 1. The minimum absolute atomic E-state index is 0.0480. The van der Waals surface area contributed by atoms with E-state index in [0.717, 1.165) is 16.7 Å². The summed E-state index contributed by atoms with van der Waals surface area (Å²) in [5.74, 6) is -2.42. The molecule has 4 N–H and O–H groups in total. The lowest BCUT2D eigenvalue weighted by Gasteiger charge is -2.18. The summed E-state index contributed by atoms with van der Waals surface area (Å²) in [5, 5.41) is 17.3. The molecule has 0 saturated heterocycles. The molecule has 0 aliphatic heterocycles. The number of carbonyl (C=O) groups is 3. The molecule has 3 rings (SSSR count). The van der Waals surface area contributed by atoms with Crippen molar-refractivity contribution < 1.29 is 23.9 Å². The van der Waals surface area contributed by atoms with Gasteiger partial charge in [-0.15, -0.1) is 0 Å². The van der Waals surface area contributed by atoms with Crippen LogP contribution < -0.4 is 16.0 Å². The van der Waals surface area contributed by atoms with E-state index in [1.807, 2.05) is 30.3 Å². The van der Waals surface area contributed by atoms with E-state index in [0.29, 0.717) is 12.1 Å². The van der Waals surface area contributed by atoms with Crippen LogP contribution in [0.3, 0.4) is 0 Å². The first kappa shape index (κ1) is 26.2. The first-order valence-corrected chi connectivity index (χ1v) is 11.4. The van der Waals surface area contributed by atoms with Crippen LogP contribution >= 0.6 is 0 Å². The number of halogens is 1. The maximum atomic E-state index is 13.2. The average Bonchev–Trinajstić information content (AvgIpc) is 2.87. The number of para-hydroxylation sites is 1. The van der Waals surface area contributed by atoms with Gasteiger partial charge >= 0.3 is 5.97 Å². The third-order valence-electron chi connectivity index (χ3n) is 5.44. The molecule has 0 saturated carbocycles. The Morgan fingerprint density at radius 2 is 1.42 bits per heavy atom. The van der Waals surface area contributed by atoms with E-state index in [-0.39, 0.29) is 11.5 Å². The zero-order chi connectivity index (χ0) is 26.1. The average molecular weight is 490 g/mol. The Morgan fingerprint density at radius 3 is 2.00 bits per heavy atom. The second-order valence-electron chi connectivity index (χ2n) is 8.28. The van der Waals surface area contributed by atoms with Gasteiger partial charge in [0.25, 0.3) is 5.91 Å². The lowest BCUT2D eigenvalue weighted by Crippen LogP contribution is -2.46. The van der Waals surface area contributed by atoms with Crippen molar-refractivity contribution >= 4 is 23.5 Å². The quantitative estimate of drug-likeness (QED) is 0.321. The van der Waals surface area contributed by atoms with Crippen LogP contribution in [-0.2, 0) is 20.8 Å². The highest BCUT2D eigenvalue weighted by Crippen LogP contribution is 2.20. The summed E-state index contributed by atoms with van der Waals surface area (Å²) >= 11 is 0. The molecule has 0 aliphatic rings. The Morgan fingerprint density at radius 1 is 0.833 bits per heavy atom. The third kappa shape index (κ3) is 7.53. The second kappa shape index (κ2) is 12.3. The number of carbonyl (C=O) groups excluding carboxylic acids is 2. The molecule has 0 aromatic heterocycles. The van der Waals surface area contributed by atoms with E-state index >= 15 is 0 Å². The summed E-state index contributed by atoms with van der Waals surface area (Å²) in [6.45, 7) is 2.97. The van der Waals surface area contributed by atoms with Gasteiger partial charge in [-0.25, -0.2) is 4.39 Å². The van der Waals surface area contributed by atoms with Gasteiger partial charge in [0.1, 0.15) is 17.9 Å². The smallest absolute Gasteiger partial charge is 0.325 e. The molecular formula is C28H28FN3O4. The van der Waals surface area contributed by atoms with Crippen LogP contribution in [0.25, 0.3) is 11.1 Å². The molecule has 0 unspecified atom stereocenters. The van der Waals surface area contributed by atoms with Gasteiger partial charge < -0.3 is 21.1 Å². The van der Waals surface area contributed by atoms with Crippen molar-refractivity contribution in [3.05, 3.63) is 102 Å². The maximum Gasteiger partial charge on any atom is 0.325 e. The standard InChI is InChI=1S/C28H28FN3O4/c1-18(26(33)32-24-6-4-3-5-7-24)31-27(34)25(30-19(2)28(35)36)17-10-20-8-11-21(12-9-20)22-13-15-23(29)16-14-22/h3-9,11-19,30H,10H2,1-2H3,(H,31,34)(H,32,33)(H,35,36)/b25-17+/t18-,19+/m0/s1. The van der Waals surface area contributed by atoms with Gasteiger partial charge in [-0.2, -0.15) is 0 Å². The third-order valence-corrected chi connectivity index (χ3v) is 5.44. The van der Waals surface area contributed by atoms with Crippen molar-refractivity contribution in [3.8, 4) is 11.1 Å². The summed E-state index contributed by atoms with van der Waals surface area (Å²) in [5.41, 5.74) is 3.31.